The SMILES string of the molecule is CC(C)CC1CNC(C2CC2)CN1Cc1ncccn1. The number of nitrogens with zero attached hydrogens (tertiary/aromatic N) is 3. The van der Waals surface area contributed by atoms with Crippen molar-refractivity contribution in [1.82, 2.24) is 20.2 Å². The van der Waals surface area contributed by atoms with Gasteiger partial charge >= 0.3 is 0 Å². The highest BCUT2D eigenvalue weighted by atomic mass is 15.2. The quantitative estimate of drug-likeness (QED) is 0.892. The predicted octanol–water partition coefficient (Wildman–Crippen LogP) is 2.08. The van der Waals surface area contributed by atoms with Crippen molar-refractivity contribution in [2.45, 2.75) is 51.7 Å². The highest BCUT2D eigenvalue weighted by molar-refractivity contribution is 4.97. The fourth-order valence-electron chi connectivity index (χ4n) is 3.26. The molecule has 4 heteroatoms. The van der Waals surface area contributed by atoms with Gasteiger partial charge in [0.2, 0.25) is 0 Å². The smallest absolute Gasteiger partial charge is 0.142 e. The van der Waals surface area contributed by atoms with Crippen LogP contribution in [0, 0.1) is 11.8 Å². The minimum Gasteiger partial charge on any atom is -0.311 e. The van der Waals surface area contributed by atoms with Gasteiger partial charge in [0.05, 0.1) is 6.54 Å². The van der Waals surface area contributed by atoms with Crippen molar-refractivity contribution < 1.29 is 0 Å². The Kier molecular flexibility index (Phi) is 4.32. The zero-order valence-electron chi connectivity index (χ0n) is 12.6. The second kappa shape index (κ2) is 6.19. The lowest BCUT2D eigenvalue weighted by Gasteiger charge is -2.41. The standard InChI is InChI=1S/C16H26N4/c1-12(2)8-14-9-19-15(13-4-5-13)10-20(14)11-16-17-6-3-7-18-16/h3,6-7,12-15,19H,4-5,8-11H2,1-2H3. The van der Waals surface area contributed by atoms with Crippen LogP contribution < -0.4 is 5.32 Å². The normalized spacial score (nSPS) is 27.9. The van der Waals surface area contributed by atoms with E-state index in [4.69, 9.17) is 0 Å². The summed E-state index contributed by atoms with van der Waals surface area (Å²) < 4.78 is 0. The summed E-state index contributed by atoms with van der Waals surface area (Å²) >= 11 is 0. The summed E-state index contributed by atoms with van der Waals surface area (Å²) in [5, 5.41) is 3.77. The lowest BCUT2D eigenvalue weighted by Crippen LogP contribution is -2.57. The number of rotatable bonds is 5. The van der Waals surface area contributed by atoms with Crippen molar-refractivity contribution in [2.24, 2.45) is 11.8 Å². The molecule has 1 N–H and O–H groups in total. The van der Waals surface area contributed by atoms with Crippen LogP contribution in [0.25, 0.3) is 0 Å². The van der Waals surface area contributed by atoms with E-state index in [0.717, 1.165) is 37.3 Å². The van der Waals surface area contributed by atoms with E-state index in [2.05, 4.69) is 34.0 Å². The number of piperazine rings is 1. The zero-order valence-corrected chi connectivity index (χ0v) is 12.6. The molecule has 4 nitrogen and oxygen atoms in total. The third-order valence-corrected chi connectivity index (χ3v) is 4.46. The Hall–Kier alpha value is -1.00. The zero-order chi connectivity index (χ0) is 13.9. The van der Waals surface area contributed by atoms with Crippen LogP contribution in [0.15, 0.2) is 18.5 Å². The third-order valence-electron chi connectivity index (χ3n) is 4.46. The van der Waals surface area contributed by atoms with Gasteiger partial charge in [0.25, 0.3) is 0 Å². The number of hydrogen-bond donors (Lipinski definition) is 1. The lowest BCUT2D eigenvalue weighted by molar-refractivity contribution is 0.0972. The Bertz CT molecular complexity index is 416. The van der Waals surface area contributed by atoms with Gasteiger partial charge < -0.3 is 5.32 Å². The molecule has 1 aromatic heterocycles. The predicted molar refractivity (Wildman–Crippen MR) is 80.2 cm³/mol. The van der Waals surface area contributed by atoms with Gasteiger partial charge in [0.1, 0.15) is 5.82 Å². The molecule has 1 aliphatic carbocycles. The molecule has 2 fully saturated rings. The first-order valence-electron chi connectivity index (χ1n) is 7.95. The van der Waals surface area contributed by atoms with E-state index in [0.29, 0.717) is 12.1 Å². The lowest BCUT2D eigenvalue weighted by atomic mass is 9.97. The molecule has 0 aromatic carbocycles. The van der Waals surface area contributed by atoms with Gasteiger partial charge in [-0.3, -0.25) is 4.90 Å². The van der Waals surface area contributed by atoms with Gasteiger partial charge in [-0.2, -0.15) is 0 Å². The second-order valence-electron chi connectivity index (χ2n) is 6.73. The molecule has 2 atom stereocenters. The van der Waals surface area contributed by atoms with Gasteiger partial charge in [-0.05, 0) is 37.2 Å². The fraction of sp³-hybridized carbons (Fsp3) is 0.750. The molecule has 3 rings (SSSR count). The Labute approximate surface area is 122 Å². The van der Waals surface area contributed by atoms with E-state index >= 15 is 0 Å². The highest BCUT2D eigenvalue weighted by Gasteiger charge is 2.37. The molecule has 20 heavy (non-hydrogen) atoms. The first kappa shape index (κ1) is 14.0. The van der Waals surface area contributed by atoms with Crippen LogP contribution in [0.2, 0.25) is 0 Å². The van der Waals surface area contributed by atoms with Gasteiger partial charge in [-0.25, -0.2) is 9.97 Å². The van der Waals surface area contributed by atoms with Crippen molar-refractivity contribution in [2.75, 3.05) is 13.1 Å². The summed E-state index contributed by atoms with van der Waals surface area (Å²) in [6.07, 6.45) is 7.75. The molecule has 0 amide bonds. The van der Waals surface area contributed by atoms with E-state index in [1.54, 1.807) is 0 Å². The van der Waals surface area contributed by atoms with Crippen molar-refractivity contribution in [3.8, 4) is 0 Å². The summed E-state index contributed by atoms with van der Waals surface area (Å²) in [6, 6.07) is 3.19. The van der Waals surface area contributed by atoms with E-state index in [1.165, 1.54) is 19.3 Å². The molecule has 2 aliphatic rings. The molecule has 0 spiro atoms. The first-order valence-corrected chi connectivity index (χ1v) is 7.95. The molecular formula is C16H26N4. The summed E-state index contributed by atoms with van der Waals surface area (Å²) in [6.45, 7) is 7.78. The first-order chi connectivity index (χ1) is 9.72. The summed E-state index contributed by atoms with van der Waals surface area (Å²) in [5.74, 6) is 2.60. The van der Waals surface area contributed by atoms with E-state index < -0.39 is 0 Å². The van der Waals surface area contributed by atoms with E-state index in [9.17, 15) is 0 Å². The van der Waals surface area contributed by atoms with Crippen molar-refractivity contribution in [3.05, 3.63) is 24.3 Å². The van der Waals surface area contributed by atoms with Gasteiger partial charge in [0.15, 0.2) is 0 Å². The van der Waals surface area contributed by atoms with Gasteiger partial charge in [0, 0.05) is 37.6 Å². The molecule has 1 saturated carbocycles. The Morgan fingerprint density at radius 2 is 2.05 bits per heavy atom. The molecule has 1 saturated heterocycles. The maximum atomic E-state index is 4.40. The minimum atomic E-state index is 0.619. The minimum absolute atomic E-state index is 0.619. The van der Waals surface area contributed by atoms with Crippen molar-refractivity contribution >= 4 is 0 Å². The summed E-state index contributed by atoms with van der Waals surface area (Å²) in [4.78, 5) is 11.4. The summed E-state index contributed by atoms with van der Waals surface area (Å²) in [7, 11) is 0. The van der Waals surface area contributed by atoms with Crippen LogP contribution in [0.4, 0.5) is 0 Å². The average Bonchev–Trinajstić information content (AvgIpc) is 3.26. The van der Waals surface area contributed by atoms with Crippen LogP contribution in [0.3, 0.4) is 0 Å². The van der Waals surface area contributed by atoms with Gasteiger partial charge in [-0.1, -0.05) is 13.8 Å². The van der Waals surface area contributed by atoms with Crippen LogP contribution in [-0.4, -0.2) is 40.0 Å². The van der Waals surface area contributed by atoms with Crippen LogP contribution in [0.1, 0.15) is 38.9 Å². The maximum Gasteiger partial charge on any atom is 0.142 e. The number of hydrogen-bond acceptors (Lipinski definition) is 4. The highest BCUT2D eigenvalue weighted by Crippen LogP contribution is 2.34. The van der Waals surface area contributed by atoms with Crippen LogP contribution >= 0.6 is 0 Å². The largest absolute Gasteiger partial charge is 0.311 e. The second-order valence-corrected chi connectivity index (χ2v) is 6.73. The van der Waals surface area contributed by atoms with E-state index in [1.807, 2.05) is 18.5 Å². The molecule has 2 heterocycles. The average molecular weight is 274 g/mol. The Morgan fingerprint density at radius 3 is 2.70 bits per heavy atom. The Balaban J connectivity index is 1.66. The van der Waals surface area contributed by atoms with Crippen LogP contribution in [-0.2, 0) is 6.54 Å². The van der Waals surface area contributed by atoms with E-state index in [-0.39, 0.29) is 0 Å². The van der Waals surface area contributed by atoms with Gasteiger partial charge in [-0.15, -0.1) is 0 Å². The molecule has 1 aliphatic heterocycles. The molecule has 1 aromatic rings. The molecule has 2 unspecified atom stereocenters. The maximum absolute atomic E-state index is 4.40. The topological polar surface area (TPSA) is 41.0 Å². The number of nitrogens with one attached hydrogen (secondary N) is 1. The van der Waals surface area contributed by atoms with Crippen molar-refractivity contribution in [3.63, 3.8) is 0 Å². The van der Waals surface area contributed by atoms with Crippen molar-refractivity contribution in [1.29, 1.82) is 0 Å². The van der Waals surface area contributed by atoms with Crippen LogP contribution in [0.5, 0.6) is 0 Å². The monoisotopic (exact) mass is 274 g/mol. The fourth-order valence-corrected chi connectivity index (χ4v) is 3.26. The number of aromatic nitrogens is 2. The summed E-state index contributed by atoms with van der Waals surface area (Å²) in [5.41, 5.74) is 0. The third kappa shape index (κ3) is 3.55. The molecule has 0 radical (unpaired) electrons. The molecule has 110 valence electrons. The Morgan fingerprint density at radius 1 is 1.30 bits per heavy atom. The molecular weight excluding hydrogens is 248 g/mol. The molecule has 0 bridgehead atoms.